The number of nitrogens with zero attached hydrogens (tertiary/aromatic N) is 2. The van der Waals surface area contributed by atoms with Gasteiger partial charge in [-0.1, -0.05) is 12.1 Å². The third kappa shape index (κ3) is 5.95. The number of anilines is 2. The maximum atomic E-state index is 12.4. The third-order valence-electron chi connectivity index (χ3n) is 3.51. The molecule has 0 atom stereocenters. The second kappa shape index (κ2) is 8.70. The zero-order valence-electron chi connectivity index (χ0n) is 15.7. The van der Waals surface area contributed by atoms with E-state index in [2.05, 4.69) is 5.32 Å². The first-order valence-corrected chi connectivity index (χ1v) is 10.2. The van der Waals surface area contributed by atoms with Crippen molar-refractivity contribution in [1.82, 2.24) is 0 Å². The van der Waals surface area contributed by atoms with Gasteiger partial charge in [-0.25, -0.2) is 8.42 Å². The van der Waals surface area contributed by atoms with E-state index < -0.39 is 27.4 Å². The molecule has 0 saturated heterocycles. The Labute approximate surface area is 163 Å². The molecular weight excluding hydrogens is 386 g/mol. The summed E-state index contributed by atoms with van der Waals surface area (Å²) in [5, 5.41) is 13.3. The van der Waals surface area contributed by atoms with Crippen molar-refractivity contribution in [3.63, 3.8) is 0 Å². The molecule has 0 bridgehead atoms. The van der Waals surface area contributed by atoms with Crippen molar-refractivity contribution in [3.05, 3.63) is 58.6 Å². The summed E-state index contributed by atoms with van der Waals surface area (Å²) in [4.78, 5) is 22.6. The Hall–Kier alpha value is -3.14. The number of nitrogens with one attached hydrogen (secondary N) is 1. The molecule has 0 spiro atoms. The number of carbonyl (C=O) groups excluding carboxylic acids is 1. The number of nitro benzene ring substituents is 1. The smallest absolute Gasteiger partial charge is 0.271 e. The summed E-state index contributed by atoms with van der Waals surface area (Å²) in [6.45, 7) is 3.19. The van der Waals surface area contributed by atoms with Crippen molar-refractivity contribution in [1.29, 1.82) is 0 Å². The Bertz CT molecular complexity index is 975. The number of nitro groups is 1. The van der Waals surface area contributed by atoms with E-state index in [1.165, 1.54) is 30.3 Å². The van der Waals surface area contributed by atoms with Crippen LogP contribution in [-0.4, -0.2) is 38.2 Å². The fourth-order valence-electron chi connectivity index (χ4n) is 2.41. The lowest BCUT2D eigenvalue weighted by Crippen LogP contribution is -2.37. The minimum absolute atomic E-state index is 0.0981. The molecule has 0 saturated carbocycles. The lowest BCUT2D eigenvalue weighted by molar-refractivity contribution is -0.384. The largest absolute Gasteiger partial charge is 0.491 e. The highest BCUT2D eigenvalue weighted by atomic mass is 32.2. The highest BCUT2D eigenvalue weighted by molar-refractivity contribution is 7.92. The molecule has 0 aliphatic carbocycles. The van der Waals surface area contributed by atoms with E-state index in [9.17, 15) is 23.3 Å². The van der Waals surface area contributed by atoms with Crippen LogP contribution in [0.15, 0.2) is 48.5 Å². The predicted octanol–water partition coefficient (Wildman–Crippen LogP) is 2.79. The van der Waals surface area contributed by atoms with Crippen LogP contribution in [0.5, 0.6) is 5.75 Å². The molecule has 28 heavy (non-hydrogen) atoms. The zero-order chi connectivity index (χ0) is 20.9. The van der Waals surface area contributed by atoms with E-state index in [0.717, 1.165) is 10.6 Å². The van der Waals surface area contributed by atoms with Crippen molar-refractivity contribution >= 4 is 33.0 Å². The molecule has 0 aromatic heterocycles. The number of sulfonamides is 1. The van der Waals surface area contributed by atoms with E-state index in [1.54, 1.807) is 18.2 Å². The molecule has 0 aliphatic heterocycles. The third-order valence-corrected chi connectivity index (χ3v) is 4.65. The van der Waals surface area contributed by atoms with E-state index in [4.69, 9.17) is 4.74 Å². The van der Waals surface area contributed by atoms with E-state index >= 15 is 0 Å². The number of rotatable bonds is 8. The van der Waals surface area contributed by atoms with Gasteiger partial charge in [0.15, 0.2) is 0 Å². The zero-order valence-corrected chi connectivity index (χ0v) is 16.5. The first kappa shape index (κ1) is 21.2. The van der Waals surface area contributed by atoms with Gasteiger partial charge >= 0.3 is 0 Å². The van der Waals surface area contributed by atoms with Gasteiger partial charge in [-0.3, -0.25) is 19.2 Å². The first-order chi connectivity index (χ1) is 13.1. The van der Waals surface area contributed by atoms with Crippen LogP contribution >= 0.6 is 0 Å². The Kier molecular flexibility index (Phi) is 6.57. The van der Waals surface area contributed by atoms with Gasteiger partial charge in [0.25, 0.3) is 5.69 Å². The predicted molar refractivity (Wildman–Crippen MR) is 106 cm³/mol. The van der Waals surface area contributed by atoms with Crippen LogP contribution in [0.25, 0.3) is 0 Å². The molecule has 10 heteroatoms. The monoisotopic (exact) mass is 407 g/mol. The van der Waals surface area contributed by atoms with Crippen LogP contribution in [0.4, 0.5) is 17.1 Å². The Morgan fingerprint density at radius 1 is 1.21 bits per heavy atom. The van der Waals surface area contributed by atoms with Crippen LogP contribution in [0.2, 0.25) is 0 Å². The summed E-state index contributed by atoms with van der Waals surface area (Å²) < 4.78 is 30.9. The van der Waals surface area contributed by atoms with Gasteiger partial charge in [-0.15, -0.1) is 0 Å². The van der Waals surface area contributed by atoms with Gasteiger partial charge in [-0.2, -0.15) is 0 Å². The van der Waals surface area contributed by atoms with Crippen LogP contribution in [-0.2, 0) is 14.8 Å². The molecular formula is C18H21N3O6S. The van der Waals surface area contributed by atoms with Gasteiger partial charge in [0.05, 0.1) is 23.0 Å². The molecule has 0 radical (unpaired) electrons. The van der Waals surface area contributed by atoms with Gasteiger partial charge < -0.3 is 10.1 Å². The quantitative estimate of drug-likeness (QED) is 0.531. The fourth-order valence-corrected chi connectivity index (χ4v) is 3.26. The highest BCUT2D eigenvalue weighted by Crippen LogP contribution is 2.24. The van der Waals surface area contributed by atoms with Gasteiger partial charge in [0, 0.05) is 23.9 Å². The number of ether oxygens (including phenoxy) is 1. The van der Waals surface area contributed by atoms with Crippen LogP contribution < -0.4 is 14.4 Å². The molecule has 150 valence electrons. The second-order valence-corrected chi connectivity index (χ2v) is 8.20. The van der Waals surface area contributed by atoms with Crippen LogP contribution in [0.1, 0.15) is 13.8 Å². The van der Waals surface area contributed by atoms with Crippen molar-refractivity contribution < 1.29 is 22.9 Å². The van der Waals surface area contributed by atoms with Crippen molar-refractivity contribution in [2.45, 2.75) is 20.0 Å². The number of amides is 1. The average Bonchev–Trinajstić information content (AvgIpc) is 2.58. The Balaban J connectivity index is 2.22. The summed E-state index contributed by atoms with van der Waals surface area (Å²) in [6.07, 6.45) is 0.892. The van der Waals surface area contributed by atoms with Crippen molar-refractivity contribution in [3.8, 4) is 5.75 Å². The minimum atomic E-state index is -3.76. The molecule has 1 amide bonds. The summed E-state index contributed by atoms with van der Waals surface area (Å²) in [5.74, 6) is -0.165. The molecule has 0 aliphatic rings. The molecule has 2 aromatic carbocycles. The number of carbonyl (C=O) groups is 1. The van der Waals surface area contributed by atoms with Crippen molar-refractivity contribution in [2.75, 3.05) is 22.4 Å². The Morgan fingerprint density at radius 3 is 2.50 bits per heavy atom. The second-order valence-electron chi connectivity index (χ2n) is 6.29. The maximum Gasteiger partial charge on any atom is 0.271 e. The standard InChI is InChI=1S/C18H21N3O6S/c1-13(2)27-17-9-5-7-15(11-17)20(28(3,25)26)12-18(22)19-14-6-4-8-16(10-14)21(23)24/h4-11,13H,12H2,1-3H3,(H,19,22). The lowest BCUT2D eigenvalue weighted by Gasteiger charge is -2.22. The number of hydrogen-bond donors (Lipinski definition) is 1. The summed E-state index contributed by atoms with van der Waals surface area (Å²) in [6, 6.07) is 11.8. The molecule has 0 fully saturated rings. The first-order valence-electron chi connectivity index (χ1n) is 8.35. The SMILES string of the molecule is CC(C)Oc1cccc(N(CC(=O)Nc2cccc([N+](=O)[O-])c2)S(C)(=O)=O)c1. The molecule has 0 unspecified atom stereocenters. The lowest BCUT2D eigenvalue weighted by atomic mass is 10.2. The summed E-state index contributed by atoms with van der Waals surface area (Å²) in [7, 11) is -3.76. The van der Waals surface area contributed by atoms with E-state index in [1.807, 2.05) is 13.8 Å². The minimum Gasteiger partial charge on any atom is -0.491 e. The average molecular weight is 407 g/mol. The molecule has 1 N–H and O–H groups in total. The number of benzene rings is 2. The van der Waals surface area contributed by atoms with E-state index in [-0.39, 0.29) is 23.2 Å². The van der Waals surface area contributed by atoms with Gasteiger partial charge in [-0.05, 0) is 32.0 Å². The van der Waals surface area contributed by atoms with E-state index in [0.29, 0.717) is 5.75 Å². The summed E-state index contributed by atoms with van der Waals surface area (Å²) in [5.41, 5.74) is 0.288. The fraction of sp³-hybridized carbons (Fsp3) is 0.278. The molecule has 0 heterocycles. The Morgan fingerprint density at radius 2 is 1.89 bits per heavy atom. The molecule has 2 aromatic rings. The highest BCUT2D eigenvalue weighted by Gasteiger charge is 2.22. The topological polar surface area (TPSA) is 119 Å². The van der Waals surface area contributed by atoms with Gasteiger partial charge in [0.2, 0.25) is 15.9 Å². The van der Waals surface area contributed by atoms with Crippen LogP contribution in [0.3, 0.4) is 0 Å². The summed E-state index contributed by atoms with van der Waals surface area (Å²) >= 11 is 0. The molecule has 2 rings (SSSR count). The molecule has 9 nitrogen and oxygen atoms in total. The number of hydrogen-bond acceptors (Lipinski definition) is 6. The van der Waals surface area contributed by atoms with Crippen molar-refractivity contribution in [2.24, 2.45) is 0 Å². The number of non-ortho nitro benzene ring substituents is 1. The van der Waals surface area contributed by atoms with Gasteiger partial charge in [0.1, 0.15) is 12.3 Å². The van der Waals surface area contributed by atoms with Crippen LogP contribution in [0, 0.1) is 10.1 Å². The maximum absolute atomic E-state index is 12.4. The normalized spacial score (nSPS) is 11.1.